The summed E-state index contributed by atoms with van der Waals surface area (Å²) in [5.41, 5.74) is 0. The van der Waals surface area contributed by atoms with Crippen molar-refractivity contribution in [3.63, 3.8) is 0 Å². The summed E-state index contributed by atoms with van der Waals surface area (Å²) in [4.78, 5) is 11.2. The highest BCUT2D eigenvalue weighted by Crippen LogP contribution is 2.19. The molecule has 0 aliphatic rings. The summed E-state index contributed by atoms with van der Waals surface area (Å²) in [5.74, 6) is -0.818. The largest absolute Gasteiger partial charge is 0.457 e. The molecule has 0 aliphatic heterocycles. The van der Waals surface area contributed by atoms with E-state index in [-0.39, 0.29) is 22.5 Å². The summed E-state index contributed by atoms with van der Waals surface area (Å²) in [6.45, 7) is 4.76. The molecule has 0 atom stereocenters. The van der Waals surface area contributed by atoms with E-state index in [0.29, 0.717) is 0 Å². The maximum Gasteiger partial charge on any atom is 0.374 e. The maximum absolute atomic E-state index is 11.4. The summed E-state index contributed by atoms with van der Waals surface area (Å²) in [5, 5.41) is 4.93. The number of carbonyl (C=O) groups excluding carboxylic acids is 1. The molecule has 7 heteroatoms. The van der Waals surface area contributed by atoms with E-state index in [1.807, 2.05) is 0 Å². The number of nitrogens with two attached hydrogens (primary N) is 1. The fraction of sp³-hybridized carbons (Fsp3) is 0.444. The van der Waals surface area contributed by atoms with Crippen LogP contribution in [-0.4, -0.2) is 20.5 Å². The van der Waals surface area contributed by atoms with E-state index >= 15 is 0 Å². The first-order valence-electron chi connectivity index (χ1n) is 4.56. The van der Waals surface area contributed by atoms with Crippen molar-refractivity contribution in [2.45, 2.75) is 31.8 Å². The summed E-state index contributed by atoms with van der Waals surface area (Å²) >= 11 is 0. The van der Waals surface area contributed by atoms with E-state index in [4.69, 9.17) is 14.3 Å². The van der Waals surface area contributed by atoms with Gasteiger partial charge >= 0.3 is 5.97 Å². The number of esters is 1. The number of carbonyl (C=O) groups is 1. The molecule has 1 aromatic rings. The number of hydrogen-bond donors (Lipinski definition) is 1. The quantitative estimate of drug-likeness (QED) is 0.796. The first-order chi connectivity index (χ1) is 7.21. The van der Waals surface area contributed by atoms with Crippen molar-refractivity contribution in [2.24, 2.45) is 5.14 Å². The second-order valence-corrected chi connectivity index (χ2v) is 5.06. The van der Waals surface area contributed by atoms with Crippen LogP contribution in [0.3, 0.4) is 0 Å². The van der Waals surface area contributed by atoms with Crippen LogP contribution < -0.4 is 5.14 Å². The Morgan fingerprint density at radius 3 is 2.44 bits per heavy atom. The predicted octanol–water partition coefficient (Wildman–Crippen LogP) is 0.801. The Bertz CT molecular complexity index is 500. The lowest BCUT2D eigenvalue weighted by Crippen LogP contribution is -2.13. The van der Waals surface area contributed by atoms with Crippen LogP contribution in [-0.2, 0) is 14.8 Å². The third kappa shape index (κ3) is 2.83. The standard InChI is InChI=1S/C9H13NO5S/c1-5(2)14-9(11)7-4-8(6(3)15-7)16(10,12)13/h4-5H,1-3H3,(H2,10,12,13). The summed E-state index contributed by atoms with van der Waals surface area (Å²) in [6.07, 6.45) is -0.309. The SMILES string of the molecule is Cc1oc(C(=O)OC(C)C)cc1S(N)(=O)=O. The van der Waals surface area contributed by atoms with Crippen molar-refractivity contribution in [2.75, 3.05) is 0 Å². The minimum Gasteiger partial charge on any atom is -0.457 e. The number of primary sulfonamides is 1. The van der Waals surface area contributed by atoms with Crippen LogP contribution >= 0.6 is 0 Å². The Morgan fingerprint density at radius 1 is 1.50 bits per heavy atom. The van der Waals surface area contributed by atoms with Gasteiger partial charge in [-0.2, -0.15) is 0 Å². The van der Waals surface area contributed by atoms with Crippen molar-refractivity contribution >= 4 is 16.0 Å². The second kappa shape index (κ2) is 4.26. The van der Waals surface area contributed by atoms with E-state index in [1.54, 1.807) is 13.8 Å². The first-order valence-corrected chi connectivity index (χ1v) is 6.10. The van der Waals surface area contributed by atoms with E-state index in [9.17, 15) is 13.2 Å². The van der Waals surface area contributed by atoms with Crippen molar-refractivity contribution in [3.05, 3.63) is 17.6 Å². The van der Waals surface area contributed by atoms with Crippen LogP contribution in [0.2, 0.25) is 0 Å². The van der Waals surface area contributed by atoms with Crippen molar-refractivity contribution in [3.8, 4) is 0 Å². The Labute approximate surface area is 93.4 Å². The number of furan rings is 1. The van der Waals surface area contributed by atoms with Gasteiger partial charge in [0, 0.05) is 6.07 Å². The van der Waals surface area contributed by atoms with E-state index in [1.165, 1.54) is 6.92 Å². The molecular weight excluding hydrogens is 234 g/mol. The Hall–Kier alpha value is -1.34. The van der Waals surface area contributed by atoms with E-state index in [2.05, 4.69) is 0 Å². The fourth-order valence-corrected chi connectivity index (χ4v) is 1.83. The molecule has 0 amide bonds. The van der Waals surface area contributed by atoms with E-state index in [0.717, 1.165) is 6.07 Å². The zero-order valence-electron chi connectivity index (χ0n) is 9.18. The Kier molecular flexibility index (Phi) is 3.39. The van der Waals surface area contributed by atoms with Crippen LogP contribution in [0.1, 0.15) is 30.2 Å². The first kappa shape index (κ1) is 12.7. The maximum atomic E-state index is 11.4. The number of ether oxygens (including phenoxy) is 1. The van der Waals surface area contributed by atoms with Gasteiger partial charge in [0.2, 0.25) is 15.8 Å². The zero-order valence-corrected chi connectivity index (χ0v) is 10.00. The van der Waals surface area contributed by atoms with Crippen molar-refractivity contribution in [1.29, 1.82) is 0 Å². The number of hydrogen-bond acceptors (Lipinski definition) is 5. The Morgan fingerprint density at radius 2 is 2.06 bits per heavy atom. The lowest BCUT2D eigenvalue weighted by atomic mass is 10.4. The number of sulfonamides is 1. The molecule has 0 saturated carbocycles. The van der Waals surface area contributed by atoms with Crippen molar-refractivity contribution in [1.82, 2.24) is 0 Å². The van der Waals surface area contributed by atoms with Gasteiger partial charge in [-0.05, 0) is 20.8 Å². The highest BCUT2D eigenvalue weighted by atomic mass is 32.2. The molecule has 16 heavy (non-hydrogen) atoms. The van der Waals surface area contributed by atoms with Crippen LogP contribution in [0, 0.1) is 6.92 Å². The third-order valence-electron chi connectivity index (χ3n) is 1.72. The molecule has 0 saturated heterocycles. The highest BCUT2D eigenvalue weighted by molar-refractivity contribution is 7.89. The fourth-order valence-electron chi connectivity index (χ4n) is 1.12. The molecule has 0 radical (unpaired) electrons. The van der Waals surface area contributed by atoms with Gasteiger partial charge in [0.25, 0.3) is 0 Å². The number of rotatable bonds is 3. The molecule has 0 unspecified atom stereocenters. The molecule has 0 bridgehead atoms. The van der Waals surface area contributed by atoms with Gasteiger partial charge in [-0.3, -0.25) is 0 Å². The topological polar surface area (TPSA) is 99.6 Å². The molecular formula is C9H13NO5S. The van der Waals surface area contributed by atoms with Crippen LogP contribution in [0.15, 0.2) is 15.4 Å². The van der Waals surface area contributed by atoms with Crippen LogP contribution in [0.25, 0.3) is 0 Å². The van der Waals surface area contributed by atoms with E-state index < -0.39 is 16.0 Å². The highest BCUT2D eigenvalue weighted by Gasteiger charge is 2.22. The molecule has 6 nitrogen and oxygen atoms in total. The van der Waals surface area contributed by atoms with Gasteiger partial charge in [0.15, 0.2) is 0 Å². The molecule has 1 heterocycles. The Balaban J connectivity index is 3.07. The summed E-state index contributed by atoms with van der Waals surface area (Å²) in [7, 11) is -3.88. The number of aryl methyl sites for hydroxylation is 1. The average Bonchev–Trinajstić information content (AvgIpc) is 2.44. The lowest BCUT2D eigenvalue weighted by molar-refractivity contribution is 0.0340. The average molecular weight is 247 g/mol. The lowest BCUT2D eigenvalue weighted by Gasteiger charge is -2.04. The molecule has 1 rings (SSSR count). The minimum absolute atomic E-state index is 0.0678. The molecule has 1 aromatic heterocycles. The monoisotopic (exact) mass is 247 g/mol. The van der Waals surface area contributed by atoms with Gasteiger partial charge in [0.05, 0.1) is 6.10 Å². The zero-order chi connectivity index (χ0) is 12.5. The van der Waals surface area contributed by atoms with Gasteiger partial charge in [-0.15, -0.1) is 0 Å². The van der Waals surface area contributed by atoms with Gasteiger partial charge < -0.3 is 9.15 Å². The normalized spacial score (nSPS) is 11.8. The van der Waals surface area contributed by atoms with Crippen molar-refractivity contribution < 1.29 is 22.4 Å². The summed E-state index contributed by atoms with van der Waals surface area (Å²) in [6, 6.07) is 1.06. The second-order valence-electron chi connectivity index (χ2n) is 3.53. The predicted molar refractivity (Wildman–Crippen MR) is 55.4 cm³/mol. The van der Waals surface area contributed by atoms with Crippen LogP contribution in [0.5, 0.6) is 0 Å². The third-order valence-corrected chi connectivity index (χ3v) is 2.74. The molecule has 90 valence electrons. The molecule has 0 aromatic carbocycles. The van der Waals surface area contributed by atoms with Gasteiger partial charge in [0.1, 0.15) is 10.7 Å². The molecule has 0 spiro atoms. The van der Waals surface area contributed by atoms with Gasteiger partial charge in [-0.25, -0.2) is 18.4 Å². The minimum atomic E-state index is -3.88. The smallest absolute Gasteiger partial charge is 0.374 e. The van der Waals surface area contributed by atoms with Gasteiger partial charge in [-0.1, -0.05) is 0 Å². The molecule has 0 aliphatic carbocycles. The summed E-state index contributed by atoms with van der Waals surface area (Å²) < 4.78 is 32.0. The molecule has 2 N–H and O–H groups in total. The molecule has 0 fully saturated rings. The van der Waals surface area contributed by atoms with Crippen LogP contribution in [0.4, 0.5) is 0 Å².